The van der Waals surface area contributed by atoms with Gasteiger partial charge in [0.05, 0.1) is 5.56 Å². The molecule has 0 fully saturated rings. The van der Waals surface area contributed by atoms with Gasteiger partial charge in [0, 0.05) is 18.2 Å². The second kappa shape index (κ2) is 5.57. The predicted octanol–water partition coefficient (Wildman–Crippen LogP) is 2.45. The van der Waals surface area contributed by atoms with E-state index in [0.29, 0.717) is 5.89 Å². The Morgan fingerprint density at radius 2 is 2.05 bits per heavy atom. The van der Waals surface area contributed by atoms with Gasteiger partial charge in [0.25, 0.3) is 5.91 Å². The molecule has 1 aromatic heterocycles. The fourth-order valence-electron chi connectivity index (χ4n) is 2.27. The van der Waals surface area contributed by atoms with Crippen molar-refractivity contribution < 1.29 is 13.6 Å². The first-order valence-corrected chi connectivity index (χ1v) is 6.72. The van der Waals surface area contributed by atoms with Gasteiger partial charge in [-0.1, -0.05) is 12.1 Å². The molecule has 22 heavy (non-hydrogen) atoms. The summed E-state index contributed by atoms with van der Waals surface area (Å²) in [6.07, 6.45) is 0. The molecule has 0 bridgehead atoms. The smallest absolute Gasteiger partial charge is 0.252 e. The van der Waals surface area contributed by atoms with Gasteiger partial charge in [0.15, 0.2) is 5.58 Å². The van der Waals surface area contributed by atoms with Gasteiger partial charge in [0.1, 0.15) is 11.3 Å². The van der Waals surface area contributed by atoms with Crippen LogP contribution in [0.4, 0.5) is 4.39 Å². The summed E-state index contributed by atoms with van der Waals surface area (Å²) in [5.74, 6) is -1.01. The Morgan fingerprint density at radius 1 is 1.32 bits per heavy atom. The van der Waals surface area contributed by atoms with Crippen LogP contribution in [0.1, 0.15) is 15.9 Å². The van der Waals surface area contributed by atoms with Gasteiger partial charge in [0.2, 0.25) is 5.89 Å². The van der Waals surface area contributed by atoms with E-state index in [2.05, 4.69) is 10.3 Å². The van der Waals surface area contributed by atoms with E-state index in [4.69, 9.17) is 10.2 Å². The summed E-state index contributed by atoms with van der Waals surface area (Å²) < 4.78 is 19.1. The molecule has 0 aliphatic rings. The first-order chi connectivity index (χ1) is 10.6. The number of carbonyl (C=O) groups excluding carboxylic acids is 1. The SMILES string of the molecule is CNCc1ccc(-c2nc3cc(F)cc(C(N)=O)c3o2)cc1. The number of oxazole rings is 1. The second-order valence-electron chi connectivity index (χ2n) is 4.91. The van der Waals surface area contributed by atoms with E-state index >= 15 is 0 Å². The van der Waals surface area contributed by atoms with Crippen LogP contribution in [-0.2, 0) is 6.54 Å². The number of nitrogens with zero attached hydrogens (tertiary/aromatic N) is 1. The standard InChI is InChI=1S/C16H14FN3O2/c1-19-8-9-2-4-10(5-3-9)16-20-13-7-11(17)6-12(15(18)21)14(13)22-16/h2-7,19H,8H2,1H3,(H2,18,21). The van der Waals surface area contributed by atoms with Crippen LogP contribution in [0.15, 0.2) is 40.8 Å². The summed E-state index contributed by atoms with van der Waals surface area (Å²) >= 11 is 0. The summed E-state index contributed by atoms with van der Waals surface area (Å²) in [6, 6.07) is 9.86. The minimum absolute atomic E-state index is 0.0134. The van der Waals surface area contributed by atoms with Crippen molar-refractivity contribution >= 4 is 17.0 Å². The molecule has 3 aromatic rings. The molecule has 2 aromatic carbocycles. The second-order valence-corrected chi connectivity index (χ2v) is 4.91. The molecule has 1 heterocycles. The molecule has 0 aliphatic heterocycles. The largest absolute Gasteiger partial charge is 0.435 e. The minimum Gasteiger partial charge on any atom is -0.435 e. The van der Waals surface area contributed by atoms with E-state index in [-0.39, 0.29) is 16.7 Å². The van der Waals surface area contributed by atoms with Gasteiger partial charge < -0.3 is 15.5 Å². The molecule has 6 heteroatoms. The van der Waals surface area contributed by atoms with E-state index in [1.807, 2.05) is 31.3 Å². The highest BCUT2D eigenvalue weighted by molar-refractivity contribution is 6.03. The van der Waals surface area contributed by atoms with Gasteiger partial charge in [-0.2, -0.15) is 0 Å². The number of primary amides is 1. The maximum absolute atomic E-state index is 13.5. The molecule has 112 valence electrons. The van der Waals surface area contributed by atoms with Crippen molar-refractivity contribution in [3.8, 4) is 11.5 Å². The highest BCUT2D eigenvalue weighted by Gasteiger charge is 2.16. The number of nitrogens with two attached hydrogens (primary N) is 1. The summed E-state index contributed by atoms with van der Waals surface area (Å²) in [5.41, 5.74) is 7.56. The molecule has 0 atom stereocenters. The van der Waals surface area contributed by atoms with E-state index in [1.165, 1.54) is 6.07 Å². The van der Waals surface area contributed by atoms with Crippen LogP contribution in [0.5, 0.6) is 0 Å². The first-order valence-electron chi connectivity index (χ1n) is 6.72. The Bertz CT molecular complexity index is 840. The summed E-state index contributed by atoms with van der Waals surface area (Å²) in [7, 11) is 1.87. The fraction of sp³-hybridized carbons (Fsp3) is 0.125. The number of amides is 1. The monoisotopic (exact) mass is 299 g/mol. The van der Waals surface area contributed by atoms with Crippen LogP contribution < -0.4 is 11.1 Å². The van der Waals surface area contributed by atoms with E-state index in [9.17, 15) is 9.18 Å². The maximum Gasteiger partial charge on any atom is 0.252 e. The van der Waals surface area contributed by atoms with Crippen LogP contribution in [0.25, 0.3) is 22.6 Å². The number of fused-ring (bicyclic) bond motifs is 1. The molecule has 0 saturated heterocycles. The van der Waals surface area contributed by atoms with Crippen molar-refractivity contribution in [2.24, 2.45) is 5.73 Å². The third-order valence-corrected chi connectivity index (χ3v) is 3.30. The maximum atomic E-state index is 13.5. The number of carbonyl (C=O) groups is 1. The Labute approximate surface area is 125 Å². The average molecular weight is 299 g/mol. The zero-order valence-corrected chi connectivity index (χ0v) is 11.9. The van der Waals surface area contributed by atoms with Gasteiger partial charge in [-0.3, -0.25) is 4.79 Å². The lowest BCUT2D eigenvalue weighted by Gasteiger charge is -2.00. The molecule has 0 saturated carbocycles. The van der Waals surface area contributed by atoms with Crippen LogP contribution in [0, 0.1) is 5.82 Å². The molecule has 1 amide bonds. The van der Waals surface area contributed by atoms with Gasteiger partial charge >= 0.3 is 0 Å². The van der Waals surface area contributed by atoms with Crippen molar-refractivity contribution in [2.75, 3.05) is 7.05 Å². The topological polar surface area (TPSA) is 81.1 Å². The normalized spacial score (nSPS) is 11.0. The molecule has 3 N–H and O–H groups in total. The Morgan fingerprint density at radius 3 is 2.68 bits per heavy atom. The number of halogens is 1. The van der Waals surface area contributed by atoms with Crippen molar-refractivity contribution in [3.05, 3.63) is 53.3 Å². The number of hydrogen-bond donors (Lipinski definition) is 2. The number of hydrogen-bond acceptors (Lipinski definition) is 4. The lowest BCUT2D eigenvalue weighted by atomic mass is 10.1. The zero-order chi connectivity index (χ0) is 15.7. The van der Waals surface area contributed by atoms with Gasteiger partial charge in [-0.05, 0) is 30.8 Å². The Kier molecular flexibility index (Phi) is 3.60. The zero-order valence-electron chi connectivity index (χ0n) is 11.9. The fourth-order valence-corrected chi connectivity index (χ4v) is 2.27. The van der Waals surface area contributed by atoms with Gasteiger partial charge in [-0.25, -0.2) is 9.37 Å². The number of benzene rings is 2. The first kappa shape index (κ1) is 14.2. The van der Waals surface area contributed by atoms with Gasteiger partial charge in [-0.15, -0.1) is 0 Å². The van der Waals surface area contributed by atoms with Crippen molar-refractivity contribution in [1.29, 1.82) is 0 Å². The number of nitrogens with one attached hydrogen (secondary N) is 1. The van der Waals surface area contributed by atoms with Crippen LogP contribution in [0.2, 0.25) is 0 Å². The van der Waals surface area contributed by atoms with Crippen molar-refractivity contribution in [1.82, 2.24) is 10.3 Å². The van der Waals surface area contributed by atoms with Crippen molar-refractivity contribution in [2.45, 2.75) is 6.54 Å². The molecule has 0 spiro atoms. The molecule has 5 nitrogen and oxygen atoms in total. The van der Waals surface area contributed by atoms with Crippen LogP contribution >= 0.6 is 0 Å². The molecule has 0 aliphatic carbocycles. The summed E-state index contributed by atoms with van der Waals surface area (Å²) in [5, 5.41) is 3.06. The molecule has 0 radical (unpaired) electrons. The number of rotatable bonds is 4. The van der Waals surface area contributed by atoms with E-state index in [1.54, 1.807) is 0 Å². The third-order valence-electron chi connectivity index (χ3n) is 3.30. The lowest BCUT2D eigenvalue weighted by Crippen LogP contribution is -2.11. The highest BCUT2D eigenvalue weighted by atomic mass is 19.1. The molecular formula is C16H14FN3O2. The number of aromatic nitrogens is 1. The quantitative estimate of drug-likeness (QED) is 0.775. The summed E-state index contributed by atoms with van der Waals surface area (Å²) in [4.78, 5) is 15.6. The molecule has 0 unspecified atom stereocenters. The van der Waals surface area contributed by atoms with Crippen LogP contribution in [-0.4, -0.2) is 17.9 Å². The predicted molar refractivity (Wildman–Crippen MR) is 80.7 cm³/mol. The summed E-state index contributed by atoms with van der Waals surface area (Å²) in [6.45, 7) is 0.755. The third kappa shape index (κ3) is 2.56. The average Bonchev–Trinajstić information content (AvgIpc) is 2.91. The Balaban J connectivity index is 2.08. The van der Waals surface area contributed by atoms with E-state index < -0.39 is 11.7 Å². The lowest BCUT2D eigenvalue weighted by molar-refractivity contribution is 0.100. The highest BCUT2D eigenvalue weighted by Crippen LogP contribution is 2.27. The molecular weight excluding hydrogens is 285 g/mol. The minimum atomic E-state index is -0.753. The van der Waals surface area contributed by atoms with Crippen LogP contribution in [0.3, 0.4) is 0 Å². The Hall–Kier alpha value is -2.73. The van der Waals surface area contributed by atoms with Crippen molar-refractivity contribution in [3.63, 3.8) is 0 Å². The molecule has 3 rings (SSSR count). The van der Waals surface area contributed by atoms with E-state index in [0.717, 1.165) is 23.7 Å².